The standard InChI is InChI=1S/C9H12O/c10-6-2-4-3-1-5-7(4)9(5)8(3)6/h3-10H,1-2H2/t3-,4-,5+,6+,7-,8-,9+/m0/s1. The predicted molar refractivity (Wildman–Crippen MR) is 36.2 cm³/mol. The van der Waals surface area contributed by atoms with E-state index in [1.807, 2.05) is 0 Å². The third-order valence-corrected chi connectivity index (χ3v) is 4.78. The Bertz CT molecular complexity index is 213. The summed E-state index contributed by atoms with van der Waals surface area (Å²) in [5, 5.41) is 9.61. The highest BCUT2D eigenvalue weighted by Gasteiger charge is 2.77. The zero-order valence-electron chi connectivity index (χ0n) is 5.90. The number of aliphatic hydroxyl groups excluding tert-OH is 1. The maximum Gasteiger partial charge on any atom is 0.0576 e. The Morgan fingerprint density at radius 3 is 2.10 bits per heavy atom. The number of aliphatic hydroxyl groups is 1. The molecule has 5 rings (SSSR count). The van der Waals surface area contributed by atoms with Crippen LogP contribution in [0.5, 0.6) is 0 Å². The topological polar surface area (TPSA) is 20.2 Å². The van der Waals surface area contributed by atoms with Crippen molar-refractivity contribution in [3.63, 3.8) is 0 Å². The van der Waals surface area contributed by atoms with Crippen LogP contribution >= 0.6 is 0 Å². The molecule has 0 aromatic rings. The van der Waals surface area contributed by atoms with Gasteiger partial charge >= 0.3 is 0 Å². The predicted octanol–water partition coefficient (Wildman–Crippen LogP) is 0.879. The van der Waals surface area contributed by atoms with Gasteiger partial charge in [0, 0.05) is 0 Å². The SMILES string of the molecule is O[C@@H]1C[C@H]2[C@@H]3C[C@@H]4[C@H]2[C@@H]4[C@@H]31. The minimum atomic E-state index is 0.115. The van der Waals surface area contributed by atoms with Gasteiger partial charge in [0.2, 0.25) is 0 Å². The van der Waals surface area contributed by atoms with Crippen molar-refractivity contribution >= 4 is 0 Å². The maximum atomic E-state index is 9.61. The highest BCUT2D eigenvalue weighted by molar-refractivity contribution is 5.25. The van der Waals surface area contributed by atoms with Crippen molar-refractivity contribution in [2.24, 2.45) is 35.5 Å². The van der Waals surface area contributed by atoms with Crippen LogP contribution in [0.25, 0.3) is 0 Å². The molecule has 1 nitrogen and oxygen atoms in total. The fraction of sp³-hybridized carbons (Fsp3) is 1.00. The van der Waals surface area contributed by atoms with Gasteiger partial charge in [-0.3, -0.25) is 0 Å². The van der Waals surface area contributed by atoms with Gasteiger partial charge < -0.3 is 5.11 Å². The number of rotatable bonds is 0. The Balaban J connectivity index is 1.93. The maximum absolute atomic E-state index is 9.61. The Morgan fingerprint density at radius 2 is 1.60 bits per heavy atom. The van der Waals surface area contributed by atoms with E-state index in [4.69, 9.17) is 0 Å². The molecule has 5 aliphatic carbocycles. The van der Waals surface area contributed by atoms with Crippen LogP contribution < -0.4 is 0 Å². The van der Waals surface area contributed by atoms with Crippen molar-refractivity contribution in [2.45, 2.75) is 18.9 Å². The molecule has 0 radical (unpaired) electrons. The van der Waals surface area contributed by atoms with Crippen LogP contribution in [0.2, 0.25) is 0 Å². The van der Waals surface area contributed by atoms with E-state index in [2.05, 4.69) is 0 Å². The van der Waals surface area contributed by atoms with E-state index in [0.717, 1.165) is 41.9 Å². The molecule has 0 amide bonds. The van der Waals surface area contributed by atoms with E-state index in [9.17, 15) is 5.11 Å². The van der Waals surface area contributed by atoms with E-state index in [1.165, 1.54) is 6.42 Å². The highest BCUT2D eigenvalue weighted by atomic mass is 16.3. The summed E-state index contributed by atoms with van der Waals surface area (Å²) in [6.07, 6.45) is 2.76. The lowest BCUT2D eigenvalue weighted by Crippen LogP contribution is -2.18. The highest BCUT2D eigenvalue weighted by Crippen LogP contribution is 2.80. The molecule has 0 unspecified atom stereocenters. The number of hydrogen-bond donors (Lipinski definition) is 1. The Kier molecular flexibility index (Phi) is 0.513. The molecule has 5 saturated carbocycles. The number of hydrogen-bond acceptors (Lipinski definition) is 1. The van der Waals surface area contributed by atoms with Gasteiger partial charge in [0.25, 0.3) is 0 Å². The van der Waals surface area contributed by atoms with Gasteiger partial charge in [-0.15, -0.1) is 0 Å². The quantitative estimate of drug-likeness (QED) is 0.524. The monoisotopic (exact) mass is 136 g/mol. The van der Waals surface area contributed by atoms with E-state index in [-0.39, 0.29) is 6.10 Å². The molecule has 0 heterocycles. The van der Waals surface area contributed by atoms with Gasteiger partial charge in [-0.05, 0) is 48.3 Å². The molecule has 0 saturated heterocycles. The van der Waals surface area contributed by atoms with Crippen molar-refractivity contribution in [1.29, 1.82) is 0 Å². The first-order valence-electron chi connectivity index (χ1n) is 4.56. The summed E-state index contributed by atoms with van der Waals surface area (Å²) in [5.41, 5.74) is 0. The zero-order chi connectivity index (χ0) is 6.46. The average Bonchev–Trinajstić information content (AvgIpc) is 2.34. The van der Waals surface area contributed by atoms with E-state index in [0.29, 0.717) is 0 Å². The molecule has 6 bridgehead atoms. The summed E-state index contributed by atoms with van der Waals surface area (Å²) in [4.78, 5) is 0. The Labute approximate surface area is 60.4 Å². The van der Waals surface area contributed by atoms with Crippen LogP contribution in [0, 0.1) is 35.5 Å². The third-order valence-electron chi connectivity index (χ3n) is 4.78. The first-order chi connectivity index (χ1) is 4.88. The van der Waals surface area contributed by atoms with E-state index in [1.54, 1.807) is 0 Å². The summed E-state index contributed by atoms with van der Waals surface area (Å²) >= 11 is 0. The van der Waals surface area contributed by atoms with Crippen LogP contribution in [0.4, 0.5) is 0 Å². The smallest absolute Gasteiger partial charge is 0.0576 e. The van der Waals surface area contributed by atoms with Crippen LogP contribution in [0.1, 0.15) is 12.8 Å². The molecule has 1 heteroatoms. The molecule has 1 N–H and O–H groups in total. The van der Waals surface area contributed by atoms with Crippen molar-refractivity contribution < 1.29 is 5.11 Å². The fourth-order valence-corrected chi connectivity index (χ4v) is 4.70. The van der Waals surface area contributed by atoms with Crippen LogP contribution in [0.3, 0.4) is 0 Å². The normalized spacial score (nSPS) is 80.7. The van der Waals surface area contributed by atoms with Gasteiger partial charge in [-0.25, -0.2) is 0 Å². The largest absolute Gasteiger partial charge is 0.393 e. The summed E-state index contributed by atoms with van der Waals surface area (Å²) in [7, 11) is 0. The van der Waals surface area contributed by atoms with E-state index < -0.39 is 0 Å². The molecule has 0 spiro atoms. The Morgan fingerprint density at radius 1 is 0.800 bits per heavy atom. The molecule has 5 fully saturated rings. The minimum absolute atomic E-state index is 0.115. The third kappa shape index (κ3) is 0.268. The second-order valence-corrected chi connectivity index (χ2v) is 4.76. The second kappa shape index (κ2) is 1.08. The summed E-state index contributed by atoms with van der Waals surface area (Å²) in [5.74, 6) is 5.96. The molecular formula is C9H12O. The fourth-order valence-electron chi connectivity index (χ4n) is 4.70. The van der Waals surface area contributed by atoms with Crippen LogP contribution in [-0.2, 0) is 0 Å². The van der Waals surface area contributed by atoms with Gasteiger partial charge in [0.15, 0.2) is 0 Å². The molecule has 7 atom stereocenters. The second-order valence-electron chi connectivity index (χ2n) is 4.76. The molecular weight excluding hydrogens is 124 g/mol. The summed E-state index contributed by atoms with van der Waals surface area (Å²) in [6, 6.07) is 0. The first kappa shape index (κ1) is 4.76. The van der Waals surface area contributed by atoms with Gasteiger partial charge in [0.1, 0.15) is 0 Å². The average molecular weight is 136 g/mol. The van der Waals surface area contributed by atoms with Crippen molar-refractivity contribution in [1.82, 2.24) is 0 Å². The molecule has 0 aliphatic heterocycles. The molecule has 0 aromatic carbocycles. The van der Waals surface area contributed by atoms with Crippen molar-refractivity contribution in [2.75, 3.05) is 0 Å². The molecule has 5 aliphatic rings. The van der Waals surface area contributed by atoms with Crippen molar-refractivity contribution in [3.8, 4) is 0 Å². The molecule has 0 aromatic heterocycles. The lowest BCUT2D eigenvalue weighted by molar-refractivity contribution is 0.104. The zero-order valence-corrected chi connectivity index (χ0v) is 5.90. The minimum Gasteiger partial charge on any atom is -0.393 e. The summed E-state index contributed by atoms with van der Waals surface area (Å²) in [6.45, 7) is 0. The summed E-state index contributed by atoms with van der Waals surface area (Å²) < 4.78 is 0. The van der Waals surface area contributed by atoms with Gasteiger partial charge in [0.05, 0.1) is 6.10 Å². The van der Waals surface area contributed by atoms with E-state index >= 15 is 0 Å². The van der Waals surface area contributed by atoms with Gasteiger partial charge in [-0.2, -0.15) is 0 Å². The molecule has 54 valence electrons. The van der Waals surface area contributed by atoms with Crippen molar-refractivity contribution in [3.05, 3.63) is 0 Å². The van der Waals surface area contributed by atoms with Crippen LogP contribution in [0.15, 0.2) is 0 Å². The van der Waals surface area contributed by atoms with Crippen LogP contribution in [-0.4, -0.2) is 11.2 Å². The first-order valence-corrected chi connectivity index (χ1v) is 4.56. The van der Waals surface area contributed by atoms with Gasteiger partial charge in [-0.1, -0.05) is 0 Å². The lowest BCUT2D eigenvalue weighted by atomic mass is 9.98. The Hall–Kier alpha value is -0.0400. The molecule has 10 heavy (non-hydrogen) atoms. The lowest BCUT2D eigenvalue weighted by Gasteiger charge is -2.14.